The number of para-hydroxylation sites is 1. The lowest BCUT2D eigenvalue weighted by molar-refractivity contribution is -0.142. The third kappa shape index (κ3) is 2.01. The number of hydrogen-bond acceptors (Lipinski definition) is 2. The number of aromatic nitrogens is 1. The van der Waals surface area contributed by atoms with Gasteiger partial charge in [0, 0.05) is 30.6 Å². The van der Waals surface area contributed by atoms with E-state index in [1.54, 1.807) is 0 Å². The van der Waals surface area contributed by atoms with Gasteiger partial charge in [-0.3, -0.25) is 4.79 Å². The van der Waals surface area contributed by atoms with E-state index in [0.717, 1.165) is 19.4 Å². The average Bonchev–Trinajstić information content (AvgIpc) is 2.74. The molecule has 3 rings (SSSR count). The van der Waals surface area contributed by atoms with Crippen molar-refractivity contribution in [3.8, 4) is 0 Å². The molecule has 0 fully saturated rings. The molecule has 1 atom stereocenters. The SMILES string of the molecule is CC(=O)OC[C@H]1CCc2cc3ccccc3n2C1. The molecule has 1 aromatic heterocycles. The van der Waals surface area contributed by atoms with Gasteiger partial charge in [0.05, 0.1) is 6.61 Å². The highest BCUT2D eigenvalue weighted by molar-refractivity contribution is 5.81. The maximum absolute atomic E-state index is 10.9. The lowest BCUT2D eigenvalue weighted by Crippen LogP contribution is -2.24. The zero-order chi connectivity index (χ0) is 12.5. The molecule has 3 nitrogen and oxygen atoms in total. The van der Waals surface area contributed by atoms with E-state index in [9.17, 15) is 4.79 Å². The van der Waals surface area contributed by atoms with E-state index in [2.05, 4.69) is 34.9 Å². The topological polar surface area (TPSA) is 31.2 Å². The van der Waals surface area contributed by atoms with Gasteiger partial charge in [-0.05, 0) is 30.4 Å². The molecule has 1 aromatic carbocycles. The van der Waals surface area contributed by atoms with Gasteiger partial charge < -0.3 is 9.30 Å². The van der Waals surface area contributed by atoms with Gasteiger partial charge in [-0.2, -0.15) is 0 Å². The van der Waals surface area contributed by atoms with E-state index in [4.69, 9.17) is 4.74 Å². The van der Waals surface area contributed by atoms with E-state index in [-0.39, 0.29) is 5.97 Å². The van der Waals surface area contributed by atoms with E-state index >= 15 is 0 Å². The summed E-state index contributed by atoms with van der Waals surface area (Å²) < 4.78 is 7.50. The maximum atomic E-state index is 10.9. The number of rotatable bonds is 2. The zero-order valence-corrected chi connectivity index (χ0v) is 10.6. The summed E-state index contributed by atoms with van der Waals surface area (Å²) in [6, 6.07) is 10.7. The van der Waals surface area contributed by atoms with Crippen molar-refractivity contribution in [3.05, 3.63) is 36.0 Å². The van der Waals surface area contributed by atoms with Crippen LogP contribution in [0.1, 0.15) is 19.0 Å². The Morgan fingerprint density at radius 1 is 1.44 bits per heavy atom. The molecule has 2 aromatic rings. The van der Waals surface area contributed by atoms with Gasteiger partial charge >= 0.3 is 5.97 Å². The smallest absolute Gasteiger partial charge is 0.302 e. The molecule has 0 unspecified atom stereocenters. The largest absolute Gasteiger partial charge is 0.466 e. The Morgan fingerprint density at radius 3 is 3.11 bits per heavy atom. The molecule has 1 aliphatic heterocycles. The van der Waals surface area contributed by atoms with Gasteiger partial charge in [0.15, 0.2) is 0 Å². The first-order chi connectivity index (χ1) is 8.74. The second-order valence-electron chi connectivity index (χ2n) is 5.01. The molecule has 0 radical (unpaired) electrons. The summed E-state index contributed by atoms with van der Waals surface area (Å²) in [5, 5.41) is 1.31. The van der Waals surface area contributed by atoms with E-state index in [1.807, 2.05) is 0 Å². The minimum atomic E-state index is -0.182. The Morgan fingerprint density at radius 2 is 2.28 bits per heavy atom. The summed E-state index contributed by atoms with van der Waals surface area (Å²) in [7, 11) is 0. The van der Waals surface area contributed by atoms with Crippen LogP contribution in [0, 0.1) is 5.92 Å². The predicted octanol–water partition coefficient (Wildman–Crippen LogP) is 2.77. The predicted molar refractivity (Wildman–Crippen MR) is 70.4 cm³/mol. The van der Waals surface area contributed by atoms with Crippen LogP contribution in [-0.4, -0.2) is 17.1 Å². The van der Waals surface area contributed by atoms with Gasteiger partial charge in [-0.25, -0.2) is 0 Å². The zero-order valence-electron chi connectivity index (χ0n) is 10.6. The first-order valence-electron chi connectivity index (χ1n) is 6.44. The van der Waals surface area contributed by atoms with Gasteiger partial charge in [-0.1, -0.05) is 18.2 Å². The summed E-state index contributed by atoms with van der Waals surface area (Å²) in [5.74, 6) is 0.260. The third-order valence-corrected chi connectivity index (χ3v) is 3.67. The Bertz CT molecular complexity index is 585. The number of aryl methyl sites for hydroxylation is 1. The fourth-order valence-corrected chi connectivity index (χ4v) is 2.76. The summed E-state index contributed by atoms with van der Waals surface area (Å²) in [6.07, 6.45) is 2.17. The lowest BCUT2D eigenvalue weighted by Gasteiger charge is -2.24. The molecule has 0 aliphatic carbocycles. The van der Waals surface area contributed by atoms with Crippen molar-refractivity contribution in [1.29, 1.82) is 0 Å². The van der Waals surface area contributed by atoms with Crippen molar-refractivity contribution in [2.24, 2.45) is 5.92 Å². The van der Waals surface area contributed by atoms with Crippen LogP contribution in [0.15, 0.2) is 30.3 Å². The van der Waals surface area contributed by atoms with E-state index < -0.39 is 0 Å². The van der Waals surface area contributed by atoms with Crippen LogP contribution in [0.5, 0.6) is 0 Å². The van der Waals surface area contributed by atoms with E-state index in [1.165, 1.54) is 23.5 Å². The first kappa shape index (κ1) is 11.3. The molecule has 18 heavy (non-hydrogen) atoms. The highest BCUT2D eigenvalue weighted by Gasteiger charge is 2.21. The van der Waals surface area contributed by atoms with Crippen molar-refractivity contribution in [3.63, 3.8) is 0 Å². The van der Waals surface area contributed by atoms with Gasteiger partial charge in [0.25, 0.3) is 0 Å². The number of fused-ring (bicyclic) bond motifs is 3. The summed E-state index contributed by atoms with van der Waals surface area (Å²) in [4.78, 5) is 10.9. The Kier molecular flexibility index (Phi) is 2.82. The maximum Gasteiger partial charge on any atom is 0.302 e. The van der Waals surface area contributed by atoms with Crippen molar-refractivity contribution in [2.45, 2.75) is 26.3 Å². The summed E-state index contributed by atoms with van der Waals surface area (Å²) >= 11 is 0. The highest BCUT2D eigenvalue weighted by Crippen LogP contribution is 2.27. The molecule has 0 saturated heterocycles. The monoisotopic (exact) mass is 243 g/mol. The minimum absolute atomic E-state index is 0.182. The molecule has 0 N–H and O–H groups in total. The molecule has 2 heterocycles. The normalized spacial score (nSPS) is 18.6. The minimum Gasteiger partial charge on any atom is -0.466 e. The fourth-order valence-electron chi connectivity index (χ4n) is 2.76. The van der Waals surface area contributed by atoms with Crippen molar-refractivity contribution in [1.82, 2.24) is 4.57 Å². The first-order valence-corrected chi connectivity index (χ1v) is 6.44. The third-order valence-electron chi connectivity index (χ3n) is 3.67. The standard InChI is InChI=1S/C15H17NO2/c1-11(17)18-10-12-6-7-14-8-13-4-2-3-5-15(13)16(14)9-12/h2-5,8,12H,6-7,9-10H2,1H3/t12-/m0/s1. The molecule has 0 amide bonds. The van der Waals surface area contributed by atoms with E-state index in [0.29, 0.717) is 12.5 Å². The number of esters is 1. The van der Waals surface area contributed by atoms with Crippen molar-refractivity contribution in [2.75, 3.05) is 6.61 Å². The molecular weight excluding hydrogens is 226 g/mol. The Balaban J connectivity index is 1.85. The second kappa shape index (κ2) is 4.48. The van der Waals surface area contributed by atoms with Crippen LogP contribution in [0.4, 0.5) is 0 Å². The van der Waals surface area contributed by atoms with Crippen molar-refractivity contribution < 1.29 is 9.53 Å². The van der Waals surface area contributed by atoms with Crippen LogP contribution in [0.3, 0.4) is 0 Å². The molecule has 3 heteroatoms. The number of hydrogen-bond donors (Lipinski definition) is 0. The van der Waals surface area contributed by atoms with Crippen molar-refractivity contribution >= 4 is 16.9 Å². The number of carbonyl (C=O) groups is 1. The number of carbonyl (C=O) groups excluding carboxylic acids is 1. The number of benzene rings is 1. The molecule has 0 bridgehead atoms. The summed E-state index contributed by atoms with van der Waals surface area (Å²) in [5.41, 5.74) is 2.69. The molecule has 1 aliphatic rings. The van der Waals surface area contributed by atoms with Gasteiger partial charge in [0.1, 0.15) is 0 Å². The fraction of sp³-hybridized carbons (Fsp3) is 0.400. The quantitative estimate of drug-likeness (QED) is 0.759. The highest BCUT2D eigenvalue weighted by atomic mass is 16.5. The van der Waals surface area contributed by atoms with Crippen LogP contribution in [0.25, 0.3) is 10.9 Å². The van der Waals surface area contributed by atoms with Gasteiger partial charge in [-0.15, -0.1) is 0 Å². The average molecular weight is 243 g/mol. The van der Waals surface area contributed by atoms with Crippen LogP contribution in [-0.2, 0) is 22.5 Å². The molecular formula is C15H17NO2. The van der Waals surface area contributed by atoms with Gasteiger partial charge in [0.2, 0.25) is 0 Å². The van der Waals surface area contributed by atoms with Crippen LogP contribution >= 0.6 is 0 Å². The number of nitrogens with zero attached hydrogens (tertiary/aromatic N) is 1. The molecule has 94 valence electrons. The molecule has 0 spiro atoms. The summed E-state index contributed by atoms with van der Waals surface area (Å²) in [6.45, 7) is 2.97. The van der Waals surface area contributed by atoms with Crippen LogP contribution < -0.4 is 0 Å². The Hall–Kier alpha value is -1.77. The lowest BCUT2D eigenvalue weighted by atomic mass is 9.99. The second-order valence-corrected chi connectivity index (χ2v) is 5.01. The van der Waals surface area contributed by atoms with Crippen LogP contribution in [0.2, 0.25) is 0 Å². The molecule has 0 saturated carbocycles. The Labute approximate surface area is 106 Å². The number of ether oxygens (including phenoxy) is 1.